The van der Waals surface area contributed by atoms with Crippen LogP contribution in [-0.2, 0) is 69.5 Å². The fourth-order valence-corrected chi connectivity index (χ4v) is 26.0. The summed E-state index contributed by atoms with van der Waals surface area (Å²) in [6, 6.07) is 30.4. The number of hydrogen-bond acceptors (Lipinski definition) is 19. The van der Waals surface area contributed by atoms with Crippen LogP contribution in [0.2, 0.25) is 0 Å². The highest BCUT2D eigenvalue weighted by Gasteiger charge is 2.41. The van der Waals surface area contributed by atoms with E-state index in [4.69, 9.17) is 19.9 Å². The largest absolute Gasteiger partial charge is 0.481 e. The van der Waals surface area contributed by atoms with Crippen molar-refractivity contribution in [2.75, 3.05) is 25.9 Å². The zero-order valence-electron chi connectivity index (χ0n) is 87.5. The summed E-state index contributed by atoms with van der Waals surface area (Å²) >= 11 is 4.20. The predicted molar refractivity (Wildman–Crippen MR) is 583 cm³/mol. The molecule has 9 aromatic rings. The molecule has 17 rings (SSSR count). The summed E-state index contributed by atoms with van der Waals surface area (Å²) in [6.07, 6.45) is 51.6. The first-order valence-electron chi connectivity index (χ1n) is 53.4. The van der Waals surface area contributed by atoms with Crippen molar-refractivity contribution in [3.63, 3.8) is 0 Å². The Morgan fingerprint density at radius 1 is 0.397 bits per heavy atom. The molecule has 2 aliphatic heterocycles. The second-order valence-electron chi connectivity index (χ2n) is 45.5. The lowest BCUT2D eigenvalue weighted by Crippen LogP contribution is -2.52. The topological polar surface area (TPSA) is 343 Å². The van der Waals surface area contributed by atoms with Gasteiger partial charge >= 0.3 is 11.9 Å². The number of benzene rings is 3. The average Bonchev–Trinajstić information content (AvgIpc) is 1.75. The number of hydrogen-bond donors (Lipinski definition) is 6. The first-order chi connectivity index (χ1) is 69.7. The van der Waals surface area contributed by atoms with Gasteiger partial charge in [0, 0.05) is 124 Å². The quantitative estimate of drug-likeness (QED) is 0.0254. The lowest BCUT2D eigenvalue weighted by molar-refractivity contribution is -0.148. The Labute approximate surface area is 875 Å². The number of carbonyl (C=O) groups is 8. The average molecular weight is 2060 g/mol. The number of likely N-dealkylation sites (tertiary alicyclic amines) is 2. The number of allylic oxidation sites excluding steroid dienone is 6. The smallest absolute Gasteiger partial charge is 0.326 e. The molecule has 3 unspecified atom stereocenters. The molecule has 0 spiro atoms. The van der Waals surface area contributed by atoms with Gasteiger partial charge < -0.3 is 36.0 Å². The molecule has 146 heavy (non-hydrogen) atoms. The van der Waals surface area contributed by atoms with Gasteiger partial charge in [-0.3, -0.25) is 38.3 Å². The Bertz CT molecular complexity index is 6220. The van der Waals surface area contributed by atoms with E-state index in [0.29, 0.717) is 64.5 Å². The minimum absolute atomic E-state index is 0.0880. The molecule has 0 radical (unpaired) electrons. The van der Waals surface area contributed by atoms with Crippen LogP contribution in [0, 0.1) is 59.2 Å². The van der Waals surface area contributed by atoms with Crippen LogP contribution >= 0.6 is 34.0 Å². The van der Waals surface area contributed by atoms with E-state index >= 15 is 0 Å². The number of aliphatic carboxylic acids is 2. The summed E-state index contributed by atoms with van der Waals surface area (Å²) in [5, 5.41) is 27.9. The van der Waals surface area contributed by atoms with Gasteiger partial charge in [0.05, 0.1) is 26.8 Å². The molecule has 6 N–H and O–H groups in total. The number of amides is 6. The second kappa shape index (κ2) is 48.9. The molecule has 6 amide bonds. The summed E-state index contributed by atoms with van der Waals surface area (Å²) in [5.41, 5.74) is 12.1. The van der Waals surface area contributed by atoms with Crippen molar-refractivity contribution in [2.24, 2.45) is 59.2 Å². The van der Waals surface area contributed by atoms with E-state index in [1.165, 1.54) is 165 Å². The second-order valence-corrected chi connectivity index (χ2v) is 50.5. The predicted octanol–water partition coefficient (Wildman–Crippen LogP) is 23.4. The van der Waals surface area contributed by atoms with E-state index in [2.05, 4.69) is 127 Å². The van der Waals surface area contributed by atoms with Crippen molar-refractivity contribution < 1.29 is 57.0 Å². The number of nitrogens with zero attached hydrogens (tertiary/aromatic N) is 8. The lowest BCUT2D eigenvalue weighted by Gasteiger charge is -2.35. The number of sulfonamides is 1. The van der Waals surface area contributed by atoms with Crippen LogP contribution < -0.4 is 20.7 Å². The molecule has 24 nitrogen and oxygen atoms in total. The summed E-state index contributed by atoms with van der Waals surface area (Å²) < 4.78 is 25.7. The summed E-state index contributed by atoms with van der Waals surface area (Å²) in [5.74, 6) is 4.74. The normalized spacial score (nSPS) is 22.6. The Hall–Kier alpha value is -11.1. The maximum atomic E-state index is 13.8. The SMILES string of the molecule is CC1CCC(C2CC=C(c3cnc(-c4ccc(C[C@H](NC(=O)c5ccc(C(C)(C)C)s5)C(=O)N5CCC[C@H]5C(=O)O)cc4)nc3)CC2)CC1.CCC1CCC(C2CC=C(c3cnc(-c4ccc(C[C@H](NC(=O)c5ccc(C(C)(C)C)s5)C(=O)N5CC[C@H](C(=O)O)C5)cc4)nc3)CC2)CC1.CCC1CCC(C2CC=C(c3cnc(-c4ccc(C[C@H](NC(=O)c5ccc(C(C)(C)C)s5)C(=O)NS(C)(=O)=O)cc4)nc3)CC2)CC1. The van der Waals surface area contributed by atoms with Gasteiger partial charge in [0.2, 0.25) is 21.8 Å². The Morgan fingerprint density at radius 3 is 1.03 bits per heavy atom. The number of rotatable bonds is 29. The van der Waals surface area contributed by atoms with Gasteiger partial charge in [-0.05, 0) is 255 Å². The fraction of sp³-hybridized carbons (Fsp3) is 0.525. The van der Waals surface area contributed by atoms with Crippen LogP contribution in [0.1, 0.15) is 327 Å². The monoisotopic (exact) mass is 2060 g/mol. The molecule has 8 atom stereocenters. The molecule has 6 aromatic heterocycles. The van der Waals surface area contributed by atoms with Gasteiger partial charge in [0.1, 0.15) is 24.2 Å². The highest BCUT2D eigenvalue weighted by atomic mass is 32.2. The molecule has 0 bridgehead atoms. The summed E-state index contributed by atoms with van der Waals surface area (Å²) in [6.45, 7) is 26.7. The number of aromatic nitrogens is 6. The van der Waals surface area contributed by atoms with Crippen LogP contribution in [0.3, 0.4) is 0 Å². The van der Waals surface area contributed by atoms with E-state index < -0.39 is 63.9 Å². The summed E-state index contributed by atoms with van der Waals surface area (Å²) in [7, 11) is -3.81. The molecule has 2 saturated heterocycles. The molecule has 3 aromatic carbocycles. The molecule has 6 aliphatic carbocycles. The van der Waals surface area contributed by atoms with Crippen LogP contribution in [0.4, 0.5) is 0 Å². The number of thiophene rings is 3. The maximum absolute atomic E-state index is 13.8. The van der Waals surface area contributed by atoms with E-state index in [0.717, 1.165) is 163 Å². The molecule has 3 saturated carbocycles. The molecular weight excluding hydrogens is 1910 g/mol. The molecule has 28 heteroatoms. The number of nitrogens with one attached hydrogen (secondary N) is 4. The van der Waals surface area contributed by atoms with Crippen molar-refractivity contribution in [3.05, 3.63) is 227 Å². The van der Waals surface area contributed by atoms with E-state index in [1.807, 2.05) is 133 Å². The molecule has 8 heterocycles. The number of carboxylic acid groups (broad SMARTS) is 2. The van der Waals surface area contributed by atoms with Crippen molar-refractivity contribution in [1.29, 1.82) is 0 Å². The first-order valence-corrected chi connectivity index (χ1v) is 57.7. The molecular formula is C118H150N12O12S4. The fourth-order valence-electron chi connectivity index (χ4n) is 22.5. The van der Waals surface area contributed by atoms with Crippen LogP contribution in [0.25, 0.3) is 50.9 Å². The molecule has 8 aliphatic rings. The van der Waals surface area contributed by atoms with Gasteiger partial charge in [-0.2, -0.15) is 0 Å². The molecule has 5 fully saturated rings. The highest BCUT2D eigenvalue weighted by molar-refractivity contribution is 7.89. The maximum Gasteiger partial charge on any atom is 0.326 e. The number of carboxylic acids is 2. The van der Waals surface area contributed by atoms with Crippen LogP contribution in [0.5, 0.6) is 0 Å². The van der Waals surface area contributed by atoms with E-state index in [9.17, 15) is 57.0 Å². The standard InChI is InChI=1S/C41H52N4O4S.C40H50N4O4S.C37H48N4O4S2/c1-5-26-6-10-28(11-7-26)29-14-16-30(17-15-29)33-23-42-37(43-24-33)31-12-8-27(9-13-31)22-34(39(47)45-21-20-32(25-45)40(48)49)44-38(46)35-18-19-36(50-35)41(2,3)4;1-25-7-11-27(12-8-25)28-15-17-29(18-16-28)31-23-41-36(42-24-31)30-13-9-26(10-14-30)22-32(38(46)44-21-5-6-33(44)39(47)48)43-37(45)34-19-20-35(49-34)40(2,3)4;1-6-24-7-11-26(12-8-24)27-15-17-28(18-16-27)30-22-38-34(39-23-30)29-13-9-25(10-14-29)21-31(35(42)41-47(5,44)45)40-36(43)32-19-20-33(46-32)37(2,3)4/h8-9,12-13,16,18-19,23-24,26,28-29,32,34H,5-7,10-11,14-15,17,20-22,25H2,1-4H3,(H,44,46)(H,48,49);9-10,13-14,17,19-20,23-25,27-28,32-33H,5-8,11-12,15-16,18,21-22H2,1-4H3,(H,43,45)(H,47,48);9-10,13-14,17,19-20,22-24,26-27,31H,6-8,11-12,15-16,18,21H2,1-5H3,(H,40,43)(H,41,42)/t26?,28?,29?,32-,34-;25?,27?,28?,32-,33-;24?,26?,27?,31-/m000/s1. The van der Waals surface area contributed by atoms with E-state index in [-0.39, 0.29) is 65.7 Å². The third kappa shape index (κ3) is 29.1. The Balaban J connectivity index is 0.000000164. The highest BCUT2D eigenvalue weighted by Crippen LogP contribution is 2.47. The van der Waals surface area contributed by atoms with Gasteiger partial charge in [0.25, 0.3) is 23.6 Å². The van der Waals surface area contributed by atoms with Crippen molar-refractivity contribution in [2.45, 2.75) is 310 Å². The Morgan fingerprint density at radius 2 is 0.733 bits per heavy atom. The van der Waals surface area contributed by atoms with E-state index in [1.54, 1.807) is 23.1 Å². The van der Waals surface area contributed by atoms with Gasteiger partial charge in [-0.1, -0.05) is 225 Å². The Kier molecular flexibility index (Phi) is 36.6. The zero-order valence-corrected chi connectivity index (χ0v) is 90.8. The van der Waals surface area contributed by atoms with Crippen molar-refractivity contribution >= 4 is 108 Å². The summed E-state index contributed by atoms with van der Waals surface area (Å²) in [4.78, 5) is 140. The minimum Gasteiger partial charge on any atom is -0.481 e. The number of carbonyl (C=O) groups excluding carboxylic acids is 6. The molecule has 778 valence electrons. The lowest BCUT2D eigenvalue weighted by atomic mass is 9.71. The van der Waals surface area contributed by atoms with Gasteiger partial charge in [-0.25, -0.2) is 43.1 Å². The zero-order chi connectivity index (χ0) is 104. The minimum atomic E-state index is -3.81. The van der Waals surface area contributed by atoms with Crippen molar-refractivity contribution in [1.82, 2.24) is 60.4 Å². The van der Waals surface area contributed by atoms with Gasteiger partial charge in [0.15, 0.2) is 17.5 Å². The third-order valence-electron chi connectivity index (χ3n) is 31.9. The third-order valence-corrected chi connectivity index (χ3v) is 37.0. The first kappa shape index (κ1) is 109. The van der Waals surface area contributed by atoms with Crippen LogP contribution in [-0.4, -0.2) is 156 Å². The van der Waals surface area contributed by atoms with Crippen LogP contribution in [0.15, 0.2) is 165 Å². The van der Waals surface area contributed by atoms with Gasteiger partial charge in [-0.15, -0.1) is 34.0 Å². The van der Waals surface area contributed by atoms with Crippen molar-refractivity contribution in [3.8, 4) is 34.2 Å².